The topological polar surface area (TPSA) is 132 Å². The summed E-state index contributed by atoms with van der Waals surface area (Å²) in [5.41, 5.74) is -5.33. The zero-order chi connectivity index (χ0) is 24.0. The Morgan fingerprint density at radius 3 is 0.781 bits per heavy atom. The Balaban J connectivity index is 2.71. The summed E-state index contributed by atoms with van der Waals surface area (Å²) in [6, 6.07) is 0. The second-order valence-corrected chi connectivity index (χ2v) is 6.60. The molecule has 0 atom stereocenters. The highest BCUT2D eigenvalue weighted by Crippen LogP contribution is 1.84. The molecule has 12 heteroatoms. The monoisotopic (exact) mass is 444 g/mol. The molecule has 170 valence electrons. The van der Waals surface area contributed by atoms with Crippen LogP contribution in [0.25, 0.3) is 0 Å². The fraction of sp³-hybridized carbons (Fsp3) is 0.300. The van der Waals surface area contributed by atoms with E-state index in [4.69, 9.17) is 0 Å². The summed E-state index contributed by atoms with van der Waals surface area (Å²) >= 11 is 0. The fourth-order valence-corrected chi connectivity index (χ4v) is 3.09. The molecule has 2 heterocycles. The fourth-order valence-electron chi connectivity index (χ4n) is 3.09. The Morgan fingerprint density at radius 1 is 0.406 bits per heavy atom. The predicted molar refractivity (Wildman–Crippen MR) is 119 cm³/mol. The van der Waals surface area contributed by atoms with Crippen LogP contribution in [0, 0.1) is 0 Å². The highest BCUT2D eigenvalue weighted by molar-refractivity contribution is 4.87. The van der Waals surface area contributed by atoms with E-state index in [1.807, 2.05) is 0 Å². The molecule has 0 spiro atoms. The van der Waals surface area contributed by atoms with Gasteiger partial charge >= 0.3 is 34.1 Å². The van der Waals surface area contributed by atoms with Crippen LogP contribution in [0.2, 0.25) is 0 Å². The van der Waals surface area contributed by atoms with Gasteiger partial charge in [-0.15, -0.1) is 26.3 Å². The minimum absolute atomic E-state index is 0.147. The number of hydrogen-bond acceptors (Lipinski definition) is 6. The van der Waals surface area contributed by atoms with Crippen molar-refractivity contribution in [2.45, 2.75) is 39.3 Å². The molecule has 0 aliphatic rings. The van der Waals surface area contributed by atoms with E-state index in [9.17, 15) is 28.8 Å². The molecule has 0 amide bonds. The second-order valence-electron chi connectivity index (χ2n) is 6.60. The molecular formula is C20H24N6O6. The van der Waals surface area contributed by atoms with E-state index in [2.05, 4.69) is 26.3 Å². The van der Waals surface area contributed by atoms with E-state index < -0.39 is 47.2 Å². The average Bonchev–Trinajstić information content (AvgIpc) is 2.76. The molecular weight excluding hydrogens is 420 g/mol. The molecule has 2 rings (SSSR count). The highest BCUT2D eigenvalue weighted by Gasteiger charge is 2.17. The summed E-state index contributed by atoms with van der Waals surface area (Å²) in [6.45, 7) is 12.6. The van der Waals surface area contributed by atoms with Crippen LogP contribution in [0.5, 0.6) is 0 Å². The zero-order valence-corrected chi connectivity index (χ0v) is 17.5. The molecule has 2 aromatic heterocycles. The van der Waals surface area contributed by atoms with Gasteiger partial charge in [0, 0.05) is 0 Å². The van der Waals surface area contributed by atoms with Crippen LogP contribution in [0.3, 0.4) is 0 Å². The third-order valence-corrected chi connectivity index (χ3v) is 4.56. The molecule has 0 N–H and O–H groups in total. The van der Waals surface area contributed by atoms with Crippen molar-refractivity contribution in [2.75, 3.05) is 0 Å². The van der Waals surface area contributed by atoms with E-state index in [1.165, 1.54) is 24.3 Å². The Labute approximate surface area is 180 Å². The van der Waals surface area contributed by atoms with Crippen molar-refractivity contribution in [3.8, 4) is 0 Å². The van der Waals surface area contributed by atoms with E-state index in [-0.39, 0.29) is 26.2 Å². The van der Waals surface area contributed by atoms with Gasteiger partial charge in [0.2, 0.25) is 0 Å². The van der Waals surface area contributed by atoms with Gasteiger partial charge < -0.3 is 0 Å². The molecule has 2 aromatic rings. The van der Waals surface area contributed by atoms with Crippen LogP contribution >= 0.6 is 0 Å². The molecule has 0 unspecified atom stereocenters. The third-order valence-electron chi connectivity index (χ3n) is 4.56. The SMILES string of the molecule is C=CCn1c(=O)n(CC=C)c(=O)n(CCn2c(=O)n(CC=C)c(=O)n(CC=C)c2=O)c1=O. The standard InChI is InChI=1S/C20H24N6O6/c1-5-9-21-15(27)22(10-6-2)18(30)25(17(21)29)13-14-26-19(31)23(11-7-3)16(28)24(12-8-4)20(26)32/h5-8H,1-4,9-14H2. The van der Waals surface area contributed by atoms with Gasteiger partial charge in [-0.2, -0.15) is 0 Å². The number of allylic oxidation sites excluding steroid dienone is 4. The molecule has 0 saturated carbocycles. The van der Waals surface area contributed by atoms with Crippen molar-refractivity contribution in [1.29, 1.82) is 0 Å². The number of rotatable bonds is 11. The molecule has 12 nitrogen and oxygen atoms in total. The Hall–Kier alpha value is -4.22. The largest absolute Gasteiger partial charge is 0.336 e. The molecule has 0 saturated heterocycles. The van der Waals surface area contributed by atoms with Crippen molar-refractivity contribution in [1.82, 2.24) is 27.4 Å². The molecule has 0 aromatic carbocycles. The maximum Gasteiger partial charge on any atom is 0.336 e. The lowest BCUT2D eigenvalue weighted by Gasteiger charge is -2.14. The minimum atomic E-state index is -0.918. The van der Waals surface area contributed by atoms with Crippen molar-refractivity contribution in [3.05, 3.63) is 114 Å². The summed E-state index contributed by atoms with van der Waals surface area (Å²) < 4.78 is 4.68. The van der Waals surface area contributed by atoms with Gasteiger partial charge in [0.15, 0.2) is 0 Å². The van der Waals surface area contributed by atoms with Gasteiger partial charge in [0.05, 0.1) is 39.3 Å². The smallest absolute Gasteiger partial charge is 0.247 e. The van der Waals surface area contributed by atoms with E-state index in [0.717, 1.165) is 27.4 Å². The summed E-state index contributed by atoms with van der Waals surface area (Å²) in [7, 11) is 0. The Bertz CT molecular complexity index is 1220. The quantitative estimate of drug-likeness (QED) is 0.372. The third kappa shape index (κ3) is 4.29. The molecule has 0 fully saturated rings. The van der Waals surface area contributed by atoms with Crippen LogP contribution < -0.4 is 34.1 Å². The van der Waals surface area contributed by atoms with Crippen LogP contribution in [-0.2, 0) is 39.3 Å². The second kappa shape index (κ2) is 10.2. The van der Waals surface area contributed by atoms with Crippen molar-refractivity contribution < 1.29 is 0 Å². The average molecular weight is 444 g/mol. The normalized spacial score (nSPS) is 10.6. The van der Waals surface area contributed by atoms with Crippen molar-refractivity contribution in [2.24, 2.45) is 0 Å². The van der Waals surface area contributed by atoms with Crippen LogP contribution in [0.4, 0.5) is 0 Å². The number of aromatic nitrogens is 6. The summed E-state index contributed by atoms with van der Waals surface area (Å²) in [5.74, 6) is 0. The molecule has 0 aliphatic carbocycles. The maximum atomic E-state index is 12.7. The van der Waals surface area contributed by atoms with E-state index in [1.54, 1.807) is 0 Å². The Kier molecular flexibility index (Phi) is 7.66. The molecule has 0 radical (unpaired) electrons. The molecule has 0 aliphatic heterocycles. The lowest BCUT2D eigenvalue weighted by atomic mass is 10.5. The summed E-state index contributed by atoms with van der Waals surface area (Å²) in [4.78, 5) is 75.8. The molecule has 0 bridgehead atoms. The van der Waals surface area contributed by atoms with Gasteiger partial charge in [-0.1, -0.05) is 24.3 Å². The first-order valence-corrected chi connectivity index (χ1v) is 9.57. The van der Waals surface area contributed by atoms with Gasteiger partial charge in [0.1, 0.15) is 0 Å². The van der Waals surface area contributed by atoms with Gasteiger partial charge in [-0.25, -0.2) is 56.2 Å². The number of hydrogen-bond donors (Lipinski definition) is 0. The van der Waals surface area contributed by atoms with Crippen LogP contribution in [0.1, 0.15) is 0 Å². The van der Waals surface area contributed by atoms with E-state index >= 15 is 0 Å². The van der Waals surface area contributed by atoms with Gasteiger partial charge in [0.25, 0.3) is 0 Å². The lowest BCUT2D eigenvalue weighted by molar-refractivity contribution is 0.417. The van der Waals surface area contributed by atoms with Gasteiger partial charge in [-0.05, 0) is 0 Å². The molecule has 32 heavy (non-hydrogen) atoms. The van der Waals surface area contributed by atoms with Crippen LogP contribution in [0.15, 0.2) is 79.4 Å². The first-order chi connectivity index (χ1) is 15.2. The highest BCUT2D eigenvalue weighted by atomic mass is 16.2. The number of nitrogens with zero attached hydrogens (tertiary/aromatic N) is 6. The first-order valence-electron chi connectivity index (χ1n) is 9.57. The van der Waals surface area contributed by atoms with Crippen molar-refractivity contribution >= 4 is 0 Å². The van der Waals surface area contributed by atoms with Crippen LogP contribution in [-0.4, -0.2) is 27.4 Å². The Morgan fingerprint density at radius 2 is 0.594 bits per heavy atom. The zero-order valence-electron chi connectivity index (χ0n) is 17.5. The summed E-state index contributed by atoms with van der Waals surface area (Å²) in [6.07, 6.45) is 5.28. The lowest BCUT2D eigenvalue weighted by Crippen LogP contribution is -2.57. The van der Waals surface area contributed by atoms with Gasteiger partial charge in [-0.3, -0.25) is 0 Å². The minimum Gasteiger partial charge on any atom is -0.247 e. The first kappa shape index (κ1) is 24.1. The predicted octanol–water partition coefficient (Wildman–Crippen LogP) is -1.90. The maximum absolute atomic E-state index is 12.7. The van der Waals surface area contributed by atoms with E-state index in [0.29, 0.717) is 0 Å². The summed E-state index contributed by atoms with van der Waals surface area (Å²) in [5, 5.41) is 0. The van der Waals surface area contributed by atoms with Crippen molar-refractivity contribution in [3.63, 3.8) is 0 Å².